The molecule has 1 aromatic rings. The molecule has 1 aromatic carbocycles. The number of anilines is 1. The number of carbonyl (C=O) groups excluding carboxylic acids is 1. The summed E-state index contributed by atoms with van der Waals surface area (Å²) in [6.07, 6.45) is 1.51. The molecule has 22 heavy (non-hydrogen) atoms. The Morgan fingerprint density at radius 2 is 1.91 bits per heavy atom. The van der Waals surface area contributed by atoms with Gasteiger partial charge < -0.3 is 14.9 Å². The molecule has 1 rings (SSSR count). The summed E-state index contributed by atoms with van der Waals surface area (Å²) < 4.78 is 5.11. The number of aliphatic carboxylic acids is 1. The van der Waals surface area contributed by atoms with Crippen LogP contribution in [0.5, 0.6) is 5.75 Å². The maximum absolute atomic E-state index is 11.6. The highest BCUT2D eigenvalue weighted by molar-refractivity contribution is 5.86. The fourth-order valence-corrected chi connectivity index (χ4v) is 1.86. The molecule has 0 aliphatic rings. The van der Waals surface area contributed by atoms with Crippen molar-refractivity contribution in [3.05, 3.63) is 23.8 Å². The normalized spacial score (nSPS) is 11.0. The minimum Gasteiger partial charge on any atom is -0.506 e. The molecular weight excluding hydrogens is 286 g/mol. The molecule has 0 saturated carbocycles. The van der Waals surface area contributed by atoms with Crippen molar-refractivity contribution in [1.29, 1.82) is 0 Å². The van der Waals surface area contributed by atoms with E-state index in [-0.39, 0.29) is 17.9 Å². The number of unbranched alkanes of at least 4 members (excludes halogenated alkanes) is 1. The Labute approximate surface area is 130 Å². The van der Waals surface area contributed by atoms with Crippen LogP contribution in [0.1, 0.15) is 45.6 Å². The lowest BCUT2D eigenvalue weighted by molar-refractivity contribution is -0.137. The number of aromatic hydroxyl groups is 1. The number of nitrogens with one attached hydrogen (secondary N) is 1. The van der Waals surface area contributed by atoms with Gasteiger partial charge in [0.25, 0.3) is 0 Å². The molecule has 0 atom stereocenters. The van der Waals surface area contributed by atoms with Gasteiger partial charge in [-0.1, -0.05) is 6.07 Å². The first-order chi connectivity index (χ1) is 10.2. The average molecular weight is 309 g/mol. The van der Waals surface area contributed by atoms with Crippen molar-refractivity contribution in [2.45, 2.75) is 52.1 Å². The van der Waals surface area contributed by atoms with Crippen molar-refractivity contribution in [3.63, 3.8) is 0 Å². The molecule has 0 aliphatic heterocycles. The molecule has 0 heterocycles. The summed E-state index contributed by atoms with van der Waals surface area (Å²) in [6, 6.07) is 4.95. The summed E-state index contributed by atoms with van der Waals surface area (Å²) in [5.74, 6) is -0.846. The second-order valence-electron chi connectivity index (χ2n) is 6.08. The maximum Gasteiger partial charge on any atom is 0.412 e. The van der Waals surface area contributed by atoms with Crippen LogP contribution in [-0.4, -0.2) is 27.9 Å². The zero-order valence-corrected chi connectivity index (χ0v) is 13.2. The Morgan fingerprint density at radius 1 is 1.23 bits per heavy atom. The number of phenols is 1. The third kappa shape index (κ3) is 6.97. The van der Waals surface area contributed by atoms with E-state index in [9.17, 15) is 14.7 Å². The quantitative estimate of drug-likeness (QED) is 0.552. The summed E-state index contributed by atoms with van der Waals surface area (Å²) >= 11 is 0. The standard InChI is InChI=1S/C16H23NO5/c1-16(2,3)22-15(21)17-12-9-8-11(10-13(12)18)6-4-5-7-14(19)20/h8-10,18H,4-7H2,1-3H3,(H,17,21)(H,19,20). The van der Waals surface area contributed by atoms with Gasteiger partial charge in [-0.15, -0.1) is 0 Å². The van der Waals surface area contributed by atoms with Crippen molar-refractivity contribution >= 4 is 17.7 Å². The number of phenolic OH excluding ortho intramolecular Hbond substituents is 1. The van der Waals surface area contributed by atoms with Gasteiger partial charge in [-0.25, -0.2) is 4.79 Å². The molecule has 1 amide bonds. The maximum atomic E-state index is 11.6. The molecule has 6 heteroatoms. The van der Waals surface area contributed by atoms with E-state index in [2.05, 4.69) is 5.32 Å². The molecule has 0 bridgehead atoms. The number of rotatable bonds is 6. The van der Waals surface area contributed by atoms with Gasteiger partial charge in [0.15, 0.2) is 0 Å². The topological polar surface area (TPSA) is 95.9 Å². The van der Waals surface area contributed by atoms with Crippen LogP contribution in [0.3, 0.4) is 0 Å². The Kier molecular flexibility index (Phi) is 6.22. The van der Waals surface area contributed by atoms with Crippen LogP contribution in [0, 0.1) is 0 Å². The number of hydrogen-bond acceptors (Lipinski definition) is 4. The van der Waals surface area contributed by atoms with Crippen LogP contribution < -0.4 is 5.32 Å². The number of ether oxygens (including phenoxy) is 1. The predicted molar refractivity (Wildman–Crippen MR) is 83.2 cm³/mol. The molecule has 0 aliphatic carbocycles. The van der Waals surface area contributed by atoms with Crippen LogP contribution in [0.25, 0.3) is 0 Å². The van der Waals surface area contributed by atoms with Gasteiger partial charge in [-0.3, -0.25) is 10.1 Å². The zero-order valence-electron chi connectivity index (χ0n) is 13.2. The second kappa shape index (κ2) is 7.68. The summed E-state index contributed by atoms with van der Waals surface area (Å²) in [5, 5.41) is 21.0. The number of carboxylic acid groups (broad SMARTS) is 1. The summed E-state index contributed by atoms with van der Waals surface area (Å²) in [4.78, 5) is 22.1. The van der Waals surface area contributed by atoms with Gasteiger partial charge in [-0.05, 0) is 57.7 Å². The molecule has 0 saturated heterocycles. The van der Waals surface area contributed by atoms with Crippen molar-refractivity contribution in [1.82, 2.24) is 0 Å². The molecule has 3 N–H and O–H groups in total. The first-order valence-corrected chi connectivity index (χ1v) is 7.21. The number of benzene rings is 1. The Bertz CT molecular complexity index is 534. The van der Waals surface area contributed by atoms with Gasteiger partial charge in [0, 0.05) is 6.42 Å². The summed E-state index contributed by atoms with van der Waals surface area (Å²) in [6.45, 7) is 5.27. The van der Waals surface area contributed by atoms with Crippen molar-refractivity contribution < 1.29 is 24.5 Å². The number of hydrogen-bond donors (Lipinski definition) is 3. The van der Waals surface area contributed by atoms with Gasteiger partial charge in [0.1, 0.15) is 11.4 Å². The zero-order chi connectivity index (χ0) is 16.8. The van der Waals surface area contributed by atoms with E-state index < -0.39 is 17.7 Å². The molecule has 0 unspecified atom stereocenters. The number of aryl methyl sites for hydroxylation is 1. The predicted octanol–water partition coefficient (Wildman–Crippen LogP) is 3.54. The molecule has 0 spiro atoms. The molecule has 122 valence electrons. The van der Waals surface area contributed by atoms with Gasteiger partial charge in [0.2, 0.25) is 0 Å². The largest absolute Gasteiger partial charge is 0.506 e. The fraction of sp³-hybridized carbons (Fsp3) is 0.500. The minimum atomic E-state index is -0.806. The second-order valence-corrected chi connectivity index (χ2v) is 6.08. The van der Waals surface area contributed by atoms with Crippen molar-refractivity contribution in [2.75, 3.05) is 5.32 Å². The fourth-order valence-electron chi connectivity index (χ4n) is 1.86. The first-order valence-electron chi connectivity index (χ1n) is 7.21. The van der Waals surface area contributed by atoms with E-state index >= 15 is 0 Å². The molecular formula is C16H23NO5. The molecule has 6 nitrogen and oxygen atoms in total. The lowest BCUT2D eigenvalue weighted by Gasteiger charge is -2.20. The summed E-state index contributed by atoms with van der Waals surface area (Å²) in [7, 11) is 0. The van der Waals surface area contributed by atoms with E-state index in [1.165, 1.54) is 0 Å². The van der Waals surface area contributed by atoms with Crippen molar-refractivity contribution in [3.8, 4) is 5.75 Å². The van der Waals surface area contributed by atoms with E-state index in [0.717, 1.165) is 12.0 Å². The van der Waals surface area contributed by atoms with Gasteiger partial charge in [-0.2, -0.15) is 0 Å². The van der Waals surface area contributed by atoms with E-state index in [1.54, 1.807) is 39.0 Å². The minimum absolute atomic E-state index is 0.0402. The molecule has 0 fully saturated rings. The van der Waals surface area contributed by atoms with Gasteiger partial charge >= 0.3 is 12.1 Å². The van der Waals surface area contributed by atoms with E-state index in [4.69, 9.17) is 9.84 Å². The lowest BCUT2D eigenvalue weighted by atomic mass is 10.1. The Hall–Kier alpha value is -2.24. The third-order valence-corrected chi connectivity index (χ3v) is 2.80. The Morgan fingerprint density at radius 3 is 2.45 bits per heavy atom. The van der Waals surface area contributed by atoms with E-state index in [0.29, 0.717) is 12.8 Å². The monoisotopic (exact) mass is 309 g/mol. The van der Waals surface area contributed by atoms with Crippen LogP contribution >= 0.6 is 0 Å². The molecule has 0 aromatic heterocycles. The van der Waals surface area contributed by atoms with Crippen LogP contribution in [-0.2, 0) is 16.0 Å². The van der Waals surface area contributed by atoms with Crippen LogP contribution in [0.4, 0.5) is 10.5 Å². The number of amides is 1. The highest BCUT2D eigenvalue weighted by Crippen LogP contribution is 2.25. The Balaban J connectivity index is 2.54. The SMILES string of the molecule is CC(C)(C)OC(=O)Nc1ccc(CCCCC(=O)O)cc1O. The highest BCUT2D eigenvalue weighted by atomic mass is 16.6. The molecule has 0 radical (unpaired) electrons. The lowest BCUT2D eigenvalue weighted by Crippen LogP contribution is -2.27. The number of carboxylic acids is 1. The van der Waals surface area contributed by atoms with Crippen molar-refractivity contribution in [2.24, 2.45) is 0 Å². The highest BCUT2D eigenvalue weighted by Gasteiger charge is 2.17. The van der Waals surface area contributed by atoms with Crippen LogP contribution in [0.15, 0.2) is 18.2 Å². The van der Waals surface area contributed by atoms with Crippen LogP contribution in [0.2, 0.25) is 0 Å². The average Bonchev–Trinajstić information content (AvgIpc) is 2.35. The first kappa shape index (κ1) is 17.8. The van der Waals surface area contributed by atoms with E-state index in [1.807, 2.05) is 0 Å². The smallest absolute Gasteiger partial charge is 0.412 e. The van der Waals surface area contributed by atoms with Gasteiger partial charge in [0.05, 0.1) is 5.69 Å². The summed E-state index contributed by atoms with van der Waals surface area (Å²) in [5.41, 5.74) is 0.560. The number of carbonyl (C=O) groups is 2. The third-order valence-electron chi connectivity index (χ3n) is 2.80.